The maximum atomic E-state index is 13.6. The highest BCUT2D eigenvalue weighted by molar-refractivity contribution is 7.47. The van der Waals surface area contributed by atoms with Crippen molar-refractivity contribution in [2.24, 2.45) is 0 Å². The molecule has 1 saturated heterocycles. The third-order valence-electron chi connectivity index (χ3n) is 8.22. The Hall–Kier alpha value is -4.28. The molecule has 21 nitrogen and oxygen atoms in total. The lowest BCUT2D eigenvalue weighted by molar-refractivity contribution is -0.0859. The summed E-state index contributed by atoms with van der Waals surface area (Å²) in [4.78, 5) is 58.2. The quantitative estimate of drug-likeness (QED) is 0.0518. The Morgan fingerprint density at radius 2 is 1.86 bits per heavy atom. The molecule has 22 heteroatoms. The SMILES string of the molecule is Cc1cc2nc3c(=O)[nH]c(=O)nc-3n(C[C@@H](OP(=O)(O)O[C@H]3[C@@H](O)[C@H](n4cnc5c(N)ncnc54)O[C@@H]3CO)[C@@H](O)[C@@H](O)CO)c2cc1C. The van der Waals surface area contributed by atoms with Crippen molar-refractivity contribution < 1.29 is 48.8 Å². The number of aliphatic hydroxyl groups is 5. The molecule has 8 atom stereocenters. The highest BCUT2D eigenvalue weighted by Crippen LogP contribution is 2.50. The minimum atomic E-state index is -5.40. The van der Waals surface area contributed by atoms with Crippen molar-refractivity contribution in [3.63, 3.8) is 0 Å². The number of benzene rings is 1. The first kappa shape index (κ1) is 34.6. The van der Waals surface area contributed by atoms with Gasteiger partial charge in [-0.15, -0.1) is 0 Å². The Kier molecular flexibility index (Phi) is 9.32. The van der Waals surface area contributed by atoms with E-state index in [0.717, 1.165) is 17.5 Å². The number of H-pyrrole nitrogens is 1. The number of aryl methyl sites for hydroxylation is 2. The molecule has 1 unspecified atom stereocenters. The number of aromatic amines is 1. The van der Waals surface area contributed by atoms with Gasteiger partial charge in [-0.1, -0.05) is 0 Å². The first-order valence-electron chi connectivity index (χ1n) is 14.7. The number of rotatable bonds is 11. The molecular formula is C27H32N9O12P. The average Bonchev–Trinajstić information content (AvgIpc) is 3.62. The number of aromatic nitrogens is 8. The van der Waals surface area contributed by atoms with Gasteiger partial charge in [0.15, 0.2) is 29.2 Å². The molecule has 49 heavy (non-hydrogen) atoms. The molecule has 1 aromatic carbocycles. The van der Waals surface area contributed by atoms with Crippen LogP contribution < -0.4 is 17.0 Å². The maximum Gasteiger partial charge on any atom is 0.473 e. The van der Waals surface area contributed by atoms with E-state index in [2.05, 4.69) is 24.9 Å². The smallest absolute Gasteiger partial charge is 0.394 e. The average molecular weight is 706 g/mol. The van der Waals surface area contributed by atoms with Crippen molar-refractivity contribution in [1.29, 1.82) is 0 Å². The standard InChI is InChI=1S/C27H32N9O12P/c1-10-3-12-13(4-11(10)2)35(24-18(32-12)25(42)34-27(43)33-24)5-15(19(40)14(39)6-37)47-49(44,45)48-21-16(7-38)46-26(20(21)41)36-9-31-17-22(28)29-8-30-23(17)36/h3-4,8-9,14-16,19-21,26,37-41H,5-7H2,1-2H3,(H,44,45)(H2,28,29,30)(H,34,42,43)/t14-,15+,16+,19-,20+,21+,26+/m0/s1. The van der Waals surface area contributed by atoms with E-state index in [-0.39, 0.29) is 39.5 Å². The Labute approximate surface area is 274 Å². The van der Waals surface area contributed by atoms with Crippen LogP contribution in [-0.4, -0.2) is 119 Å². The van der Waals surface area contributed by atoms with Gasteiger partial charge < -0.3 is 45.5 Å². The number of imidazole rings is 1. The number of aliphatic hydroxyl groups excluding tert-OH is 5. The van der Waals surface area contributed by atoms with Crippen LogP contribution in [0.15, 0.2) is 34.4 Å². The molecule has 1 fully saturated rings. The second-order valence-electron chi connectivity index (χ2n) is 11.4. The number of phosphoric acid groups is 1. The number of hydrogen-bond donors (Lipinski definition) is 8. The molecule has 5 heterocycles. The molecule has 262 valence electrons. The molecule has 0 aliphatic carbocycles. The Morgan fingerprint density at radius 3 is 2.57 bits per heavy atom. The van der Waals surface area contributed by atoms with E-state index in [0.29, 0.717) is 0 Å². The first-order valence-corrected chi connectivity index (χ1v) is 16.2. The summed E-state index contributed by atoms with van der Waals surface area (Å²) < 4.78 is 32.5. The second-order valence-corrected chi connectivity index (χ2v) is 12.8. The number of fused-ring (bicyclic) bond motifs is 3. The lowest BCUT2D eigenvalue weighted by atomic mass is 10.1. The van der Waals surface area contributed by atoms with Gasteiger partial charge in [-0.3, -0.25) is 23.4 Å². The summed E-state index contributed by atoms with van der Waals surface area (Å²) in [6.45, 7) is 1.12. The zero-order chi connectivity index (χ0) is 35.4. The second kappa shape index (κ2) is 13.2. The number of nitrogens with zero attached hydrogens (tertiary/aromatic N) is 7. The van der Waals surface area contributed by atoms with Crippen LogP contribution in [0.4, 0.5) is 5.82 Å². The van der Waals surface area contributed by atoms with Crippen LogP contribution in [0.25, 0.3) is 33.7 Å². The number of anilines is 1. The van der Waals surface area contributed by atoms with Crippen molar-refractivity contribution in [3.8, 4) is 11.5 Å². The van der Waals surface area contributed by atoms with Gasteiger partial charge in [0.2, 0.25) is 0 Å². The summed E-state index contributed by atoms with van der Waals surface area (Å²) in [5.74, 6) is -0.243. The van der Waals surface area contributed by atoms with E-state index in [1.807, 2.05) is 4.98 Å². The summed E-state index contributed by atoms with van der Waals surface area (Å²) in [7, 11) is -5.40. The van der Waals surface area contributed by atoms with Gasteiger partial charge in [0, 0.05) is 0 Å². The van der Waals surface area contributed by atoms with Crippen LogP contribution in [-0.2, 0) is 24.9 Å². The third-order valence-corrected chi connectivity index (χ3v) is 9.27. The van der Waals surface area contributed by atoms with Gasteiger partial charge in [-0.05, 0) is 37.1 Å². The topological polar surface area (TPSA) is 316 Å². The van der Waals surface area contributed by atoms with Crippen molar-refractivity contribution in [2.75, 3.05) is 18.9 Å². The van der Waals surface area contributed by atoms with E-state index in [4.69, 9.17) is 19.5 Å². The molecule has 0 spiro atoms. The van der Waals surface area contributed by atoms with E-state index in [1.54, 1.807) is 26.0 Å². The van der Waals surface area contributed by atoms with Crippen molar-refractivity contribution in [1.82, 2.24) is 39.0 Å². The van der Waals surface area contributed by atoms with E-state index < -0.39 is 81.7 Å². The van der Waals surface area contributed by atoms with Crippen LogP contribution in [0.2, 0.25) is 0 Å². The fraction of sp³-hybridized carbons (Fsp3) is 0.444. The van der Waals surface area contributed by atoms with E-state index in [9.17, 15) is 44.6 Å². The van der Waals surface area contributed by atoms with Gasteiger partial charge in [-0.2, -0.15) is 4.98 Å². The zero-order valence-corrected chi connectivity index (χ0v) is 26.7. The predicted octanol–water partition coefficient (Wildman–Crippen LogP) is -2.54. The predicted molar refractivity (Wildman–Crippen MR) is 166 cm³/mol. The Bertz CT molecular complexity index is 2160. The highest BCUT2D eigenvalue weighted by atomic mass is 31.2. The summed E-state index contributed by atoms with van der Waals surface area (Å²) in [5, 5.41) is 52.2. The zero-order valence-electron chi connectivity index (χ0n) is 25.8. The Morgan fingerprint density at radius 1 is 1.12 bits per heavy atom. The van der Waals surface area contributed by atoms with Gasteiger partial charge in [0.25, 0.3) is 5.56 Å². The summed E-state index contributed by atoms with van der Waals surface area (Å²) in [6, 6.07) is 3.29. The maximum absolute atomic E-state index is 13.6. The van der Waals surface area contributed by atoms with Crippen molar-refractivity contribution in [3.05, 3.63) is 56.8 Å². The van der Waals surface area contributed by atoms with Gasteiger partial charge >= 0.3 is 13.5 Å². The van der Waals surface area contributed by atoms with Crippen LogP contribution in [0, 0.1) is 13.8 Å². The molecule has 0 amide bonds. The molecular weight excluding hydrogens is 673 g/mol. The molecule has 0 saturated carbocycles. The summed E-state index contributed by atoms with van der Waals surface area (Å²) in [5.41, 5.74) is 6.03. The monoisotopic (exact) mass is 705 g/mol. The first-order chi connectivity index (χ1) is 23.2. The highest BCUT2D eigenvalue weighted by Gasteiger charge is 2.50. The van der Waals surface area contributed by atoms with Crippen LogP contribution in [0.3, 0.4) is 0 Å². The molecule has 0 bridgehead atoms. The number of phosphoric ester groups is 1. The number of nitrogens with one attached hydrogen (secondary N) is 1. The lowest BCUT2D eigenvalue weighted by Crippen LogP contribution is -2.44. The number of ether oxygens (including phenoxy) is 1. The fourth-order valence-electron chi connectivity index (χ4n) is 5.61. The van der Waals surface area contributed by atoms with E-state index >= 15 is 0 Å². The number of hydrogen-bond acceptors (Lipinski definition) is 17. The van der Waals surface area contributed by atoms with Crippen LogP contribution in [0.1, 0.15) is 17.4 Å². The molecule has 3 aliphatic heterocycles. The molecule has 6 rings (SSSR count). The minimum absolute atomic E-state index is 0.0369. The van der Waals surface area contributed by atoms with Gasteiger partial charge in [0.1, 0.15) is 48.5 Å². The van der Waals surface area contributed by atoms with Gasteiger partial charge in [0.05, 0.1) is 37.1 Å². The largest absolute Gasteiger partial charge is 0.473 e. The Balaban J connectivity index is 1.35. The summed E-state index contributed by atoms with van der Waals surface area (Å²) >= 11 is 0. The number of nitrogens with two attached hydrogens (primary N) is 1. The van der Waals surface area contributed by atoms with Gasteiger partial charge in [-0.25, -0.2) is 29.3 Å². The van der Waals surface area contributed by atoms with Crippen LogP contribution in [0.5, 0.6) is 0 Å². The van der Waals surface area contributed by atoms with Crippen molar-refractivity contribution in [2.45, 2.75) is 63.2 Å². The molecule has 0 radical (unpaired) electrons. The molecule has 9 N–H and O–H groups in total. The lowest BCUT2D eigenvalue weighted by Gasteiger charge is -2.31. The molecule has 2 aromatic heterocycles. The summed E-state index contributed by atoms with van der Waals surface area (Å²) in [6.07, 6.45) is -9.71. The normalized spacial score (nSPS) is 22.9. The van der Waals surface area contributed by atoms with Crippen molar-refractivity contribution >= 4 is 35.8 Å². The molecule has 3 aromatic rings. The molecule has 3 aliphatic rings. The fourth-order valence-corrected chi connectivity index (χ4v) is 6.76. The van der Waals surface area contributed by atoms with E-state index in [1.165, 1.54) is 15.5 Å². The third kappa shape index (κ3) is 6.44. The van der Waals surface area contributed by atoms with Crippen LogP contribution >= 0.6 is 7.82 Å². The minimum Gasteiger partial charge on any atom is -0.394 e. The number of nitrogen functional groups attached to an aromatic ring is 1.